The second-order valence-corrected chi connectivity index (χ2v) is 5.89. The zero-order chi connectivity index (χ0) is 11.3. The minimum absolute atomic E-state index is 0.272. The molecule has 0 radical (unpaired) electrons. The van der Waals surface area contributed by atoms with Crippen LogP contribution in [0.15, 0.2) is 12.7 Å². The third kappa shape index (κ3) is 3.59. The molecule has 0 N–H and O–H groups in total. The van der Waals surface area contributed by atoms with Crippen LogP contribution in [0.1, 0.15) is 13.3 Å². The van der Waals surface area contributed by atoms with Crippen molar-refractivity contribution >= 4 is 10.0 Å². The van der Waals surface area contributed by atoms with Crippen molar-refractivity contribution in [1.82, 2.24) is 9.21 Å². The van der Waals surface area contributed by atoms with Crippen molar-refractivity contribution in [2.24, 2.45) is 0 Å². The van der Waals surface area contributed by atoms with Crippen LogP contribution in [0.3, 0.4) is 0 Å². The normalized spacial score (nSPS) is 20.3. The third-order valence-electron chi connectivity index (χ3n) is 2.57. The summed E-state index contributed by atoms with van der Waals surface area (Å²) in [5.74, 6) is 0.272. The van der Waals surface area contributed by atoms with Crippen LogP contribution in [-0.4, -0.2) is 56.1 Å². The predicted molar refractivity (Wildman–Crippen MR) is 62.3 cm³/mol. The van der Waals surface area contributed by atoms with Crippen molar-refractivity contribution < 1.29 is 8.42 Å². The zero-order valence-electron chi connectivity index (χ0n) is 9.35. The van der Waals surface area contributed by atoms with Crippen LogP contribution in [0.2, 0.25) is 0 Å². The van der Waals surface area contributed by atoms with Gasteiger partial charge in [0.25, 0.3) is 0 Å². The molecular formula is C10H20N2O2S. The molecule has 0 spiro atoms. The Labute approximate surface area is 92.6 Å². The van der Waals surface area contributed by atoms with Gasteiger partial charge in [-0.05, 0) is 6.42 Å². The molecule has 0 unspecified atom stereocenters. The summed E-state index contributed by atoms with van der Waals surface area (Å²) >= 11 is 0. The highest BCUT2D eigenvalue weighted by atomic mass is 32.2. The molecule has 0 aromatic carbocycles. The van der Waals surface area contributed by atoms with Gasteiger partial charge in [0.15, 0.2) is 0 Å². The highest BCUT2D eigenvalue weighted by Gasteiger charge is 2.25. The molecule has 4 nitrogen and oxygen atoms in total. The average Bonchev–Trinajstić information content (AvgIpc) is 2.19. The molecule has 0 aromatic rings. The highest BCUT2D eigenvalue weighted by molar-refractivity contribution is 7.89. The van der Waals surface area contributed by atoms with Gasteiger partial charge in [-0.3, -0.25) is 4.90 Å². The van der Waals surface area contributed by atoms with Crippen molar-refractivity contribution in [2.75, 3.05) is 38.5 Å². The molecule has 1 aliphatic rings. The molecule has 1 rings (SSSR count). The van der Waals surface area contributed by atoms with Crippen LogP contribution in [0.4, 0.5) is 0 Å². The summed E-state index contributed by atoms with van der Waals surface area (Å²) < 4.78 is 25.1. The largest absolute Gasteiger partial charge is 0.297 e. The lowest BCUT2D eigenvalue weighted by Gasteiger charge is -2.33. The van der Waals surface area contributed by atoms with E-state index in [-0.39, 0.29) is 5.75 Å². The minimum Gasteiger partial charge on any atom is -0.297 e. The fourth-order valence-corrected chi connectivity index (χ4v) is 3.25. The molecule has 1 heterocycles. The molecule has 0 amide bonds. The molecule has 88 valence electrons. The summed E-state index contributed by atoms with van der Waals surface area (Å²) in [6.45, 7) is 9.29. The van der Waals surface area contributed by atoms with Gasteiger partial charge >= 0.3 is 0 Å². The molecule has 15 heavy (non-hydrogen) atoms. The van der Waals surface area contributed by atoms with E-state index in [1.54, 1.807) is 4.31 Å². The van der Waals surface area contributed by atoms with E-state index in [0.717, 1.165) is 19.6 Å². The molecule has 1 aliphatic heterocycles. The quantitative estimate of drug-likeness (QED) is 0.649. The first-order valence-electron chi connectivity index (χ1n) is 5.41. The second-order valence-electron chi connectivity index (χ2n) is 3.80. The number of sulfonamides is 1. The Morgan fingerprint density at radius 2 is 1.87 bits per heavy atom. The van der Waals surface area contributed by atoms with Gasteiger partial charge in [0.1, 0.15) is 0 Å². The van der Waals surface area contributed by atoms with Gasteiger partial charge in [-0.2, -0.15) is 4.31 Å². The molecule has 0 bridgehead atoms. The first kappa shape index (κ1) is 12.7. The van der Waals surface area contributed by atoms with E-state index in [1.807, 2.05) is 13.0 Å². The van der Waals surface area contributed by atoms with Gasteiger partial charge in [-0.25, -0.2) is 8.42 Å². The number of hydrogen-bond acceptors (Lipinski definition) is 3. The number of hydrogen-bond donors (Lipinski definition) is 0. The summed E-state index contributed by atoms with van der Waals surface area (Å²) in [5, 5.41) is 0. The van der Waals surface area contributed by atoms with E-state index in [4.69, 9.17) is 0 Å². The van der Waals surface area contributed by atoms with E-state index < -0.39 is 10.0 Å². The van der Waals surface area contributed by atoms with Crippen LogP contribution < -0.4 is 0 Å². The van der Waals surface area contributed by atoms with Crippen LogP contribution >= 0.6 is 0 Å². The van der Waals surface area contributed by atoms with E-state index in [0.29, 0.717) is 19.5 Å². The molecule has 1 saturated heterocycles. The molecule has 1 fully saturated rings. The maximum Gasteiger partial charge on any atom is 0.214 e. The van der Waals surface area contributed by atoms with Crippen LogP contribution in [0, 0.1) is 0 Å². The van der Waals surface area contributed by atoms with Crippen molar-refractivity contribution in [3.05, 3.63) is 12.7 Å². The standard InChI is InChI=1S/C10H20N2O2S/c1-3-5-11-6-8-12(9-7-11)15(13,14)10-4-2/h3H,1,4-10H2,2H3. The van der Waals surface area contributed by atoms with Crippen molar-refractivity contribution in [1.29, 1.82) is 0 Å². The van der Waals surface area contributed by atoms with Gasteiger partial charge in [0.05, 0.1) is 5.75 Å². The monoisotopic (exact) mass is 232 g/mol. The fraction of sp³-hybridized carbons (Fsp3) is 0.800. The van der Waals surface area contributed by atoms with Gasteiger partial charge < -0.3 is 0 Å². The van der Waals surface area contributed by atoms with E-state index >= 15 is 0 Å². The first-order valence-corrected chi connectivity index (χ1v) is 7.02. The van der Waals surface area contributed by atoms with Crippen molar-refractivity contribution in [3.63, 3.8) is 0 Å². The SMILES string of the molecule is C=CCN1CCN(S(=O)(=O)CCC)CC1. The highest BCUT2D eigenvalue weighted by Crippen LogP contribution is 2.08. The zero-order valence-corrected chi connectivity index (χ0v) is 10.2. The van der Waals surface area contributed by atoms with E-state index in [9.17, 15) is 8.42 Å². The molecule has 0 aliphatic carbocycles. The molecule has 0 saturated carbocycles. The lowest BCUT2D eigenvalue weighted by atomic mass is 10.3. The number of rotatable bonds is 5. The maximum atomic E-state index is 11.7. The van der Waals surface area contributed by atoms with Crippen LogP contribution in [-0.2, 0) is 10.0 Å². The van der Waals surface area contributed by atoms with E-state index in [1.165, 1.54) is 0 Å². The van der Waals surface area contributed by atoms with Crippen LogP contribution in [0.25, 0.3) is 0 Å². The maximum absolute atomic E-state index is 11.7. The van der Waals surface area contributed by atoms with Crippen LogP contribution in [0.5, 0.6) is 0 Å². The summed E-state index contributed by atoms with van der Waals surface area (Å²) in [4.78, 5) is 2.21. The average molecular weight is 232 g/mol. The molecule has 5 heteroatoms. The number of piperazine rings is 1. The van der Waals surface area contributed by atoms with Crippen molar-refractivity contribution in [2.45, 2.75) is 13.3 Å². The summed E-state index contributed by atoms with van der Waals surface area (Å²) in [6, 6.07) is 0. The minimum atomic E-state index is -2.99. The lowest BCUT2D eigenvalue weighted by molar-refractivity contribution is 0.204. The smallest absolute Gasteiger partial charge is 0.214 e. The third-order valence-corrected chi connectivity index (χ3v) is 4.65. The summed E-state index contributed by atoms with van der Waals surface area (Å²) in [7, 11) is -2.99. The fourth-order valence-electron chi connectivity index (χ4n) is 1.76. The molecule has 0 atom stereocenters. The Bertz CT molecular complexity index is 293. The summed E-state index contributed by atoms with van der Waals surface area (Å²) in [5.41, 5.74) is 0. The lowest BCUT2D eigenvalue weighted by Crippen LogP contribution is -2.49. The Kier molecular flexibility index (Phi) is 4.76. The topological polar surface area (TPSA) is 40.6 Å². The molecule has 0 aromatic heterocycles. The Balaban J connectivity index is 2.46. The van der Waals surface area contributed by atoms with Gasteiger partial charge in [0, 0.05) is 32.7 Å². The Morgan fingerprint density at radius 1 is 1.27 bits per heavy atom. The Morgan fingerprint density at radius 3 is 2.33 bits per heavy atom. The predicted octanol–water partition coefficient (Wildman–Crippen LogP) is 0.530. The van der Waals surface area contributed by atoms with Crippen molar-refractivity contribution in [3.8, 4) is 0 Å². The molecular weight excluding hydrogens is 212 g/mol. The van der Waals surface area contributed by atoms with Gasteiger partial charge in [-0.1, -0.05) is 13.0 Å². The second kappa shape index (κ2) is 5.63. The van der Waals surface area contributed by atoms with Gasteiger partial charge in [-0.15, -0.1) is 6.58 Å². The Hall–Kier alpha value is -0.390. The first-order chi connectivity index (χ1) is 7.10. The van der Waals surface area contributed by atoms with E-state index in [2.05, 4.69) is 11.5 Å². The summed E-state index contributed by atoms with van der Waals surface area (Å²) in [6.07, 6.45) is 2.55. The van der Waals surface area contributed by atoms with Gasteiger partial charge in [0.2, 0.25) is 10.0 Å². The number of nitrogens with zero attached hydrogens (tertiary/aromatic N) is 2.